The van der Waals surface area contributed by atoms with Gasteiger partial charge in [0.05, 0.1) is 10.7 Å². The Kier molecular flexibility index (Phi) is 3.67. The van der Waals surface area contributed by atoms with E-state index >= 15 is 0 Å². The van der Waals surface area contributed by atoms with Crippen LogP contribution in [-0.4, -0.2) is 10.8 Å². The highest BCUT2D eigenvalue weighted by Crippen LogP contribution is 2.29. The summed E-state index contributed by atoms with van der Waals surface area (Å²) in [6.07, 6.45) is 4.74. The van der Waals surface area contributed by atoms with Gasteiger partial charge in [-0.15, -0.1) is 11.3 Å². The number of thiazole rings is 1. The highest BCUT2D eigenvalue weighted by molar-refractivity contribution is 7.09. The molecule has 17 heavy (non-hydrogen) atoms. The van der Waals surface area contributed by atoms with Gasteiger partial charge in [0.15, 0.2) is 0 Å². The smallest absolute Gasteiger partial charge is 0.132 e. The maximum absolute atomic E-state index is 11.2. The lowest BCUT2D eigenvalue weighted by atomic mass is 9.86. The number of carbonyl (C=O) groups excluding carboxylic acids is 1. The zero-order valence-corrected chi connectivity index (χ0v) is 11.8. The van der Waals surface area contributed by atoms with Crippen molar-refractivity contribution in [3.8, 4) is 0 Å². The minimum Gasteiger partial charge on any atom is -0.300 e. The molecule has 1 aliphatic carbocycles. The topological polar surface area (TPSA) is 30.0 Å². The molecular weight excluding hydrogens is 230 g/mol. The van der Waals surface area contributed by atoms with E-state index in [0.29, 0.717) is 11.7 Å². The number of nitrogens with zero attached hydrogens (tertiary/aromatic N) is 1. The molecule has 1 saturated carbocycles. The molecule has 94 valence electrons. The third kappa shape index (κ3) is 3.38. The first-order valence-electron chi connectivity index (χ1n) is 6.42. The van der Waals surface area contributed by atoms with Crippen LogP contribution >= 0.6 is 11.3 Å². The average molecular weight is 251 g/mol. The molecule has 1 aliphatic rings. The Morgan fingerprint density at radius 1 is 1.35 bits per heavy atom. The van der Waals surface area contributed by atoms with Gasteiger partial charge < -0.3 is 0 Å². The maximum Gasteiger partial charge on any atom is 0.132 e. The fourth-order valence-corrected chi connectivity index (χ4v) is 3.34. The zero-order valence-electron chi connectivity index (χ0n) is 11.0. The number of rotatable bonds is 2. The summed E-state index contributed by atoms with van der Waals surface area (Å²) in [7, 11) is 0. The second-order valence-electron chi connectivity index (χ2n) is 6.06. The molecule has 1 fully saturated rings. The van der Waals surface area contributed by atoms with E-state index in [1.807, 2.05) is 0 Å². The maximum atomic E-state index is 11.2. The van der Waals surface area contributed by atoms with Crippen molar-refractivity contribution in [3.05, 3.63) is 16.1 Å². The first-order valence-corrected chi connectivity index (χ1v) is 7.29. The van der Waals surface area contributed by atoms with E-state index < -0.39 is 0 Å². The summed E-state index contributed by atoms with van der Waals surface area (Å²) in [6.45, 7) is 6.60. The number of aromatic nitrogens is 1. The number of Topliss-reactive ketones (excluding diaryl/α,β-unsaturated/α-hetero) is 1. The first kappa shape index (κ1) is 12.7. The molecule has 0 atom stereocenters. The van der Waals surface area contributed by atoms with Crippen LogP contribution in [0.1, 0.15) is 57.2 Å². The van der Waals surface area contributed by atoms with Crippen molar-refractivity contribution >= 4 is 17.1 Å². The molecule has 0 saturated heterocycles. The molecule has 2 rings (SSSR count). The highest BCUT2D eigenvalue weighted by Gasteiger charge is 2.22. The van der Waals surface area contributed by atoms with Gasteiger partial charge >= 0.3 is 0 Å². The van der Waals surface area contributed by atoms with Crippen LogP contribution in [0.4, 0.5) is 0 Å². The van der Waals surface area contributed by atoms with Crippen LogP contribution in [0.2, 0.25) is 0 Å². The van der Waals surface area contributed by atoms with Gasteiger partial charge in [0.2, 0.25) is 0 Å². The second kappa shape index (κ2) is 4.89. The molecular formula is C14H21NOS. The van der Waals surface area contributed by atoms with Gasteiger partial charge in [-0.1, -0.05) is 20.8 Å². The average Bonchev–Trinajstić information content (AvgIpc) is 2.69. The van der Waals surface area contributed by atoms with Crippen molar-refractivity contribution in [1.29, 1.82) is 0 Å². The third-order valence-corrected chi connectivity index (χ3v) is 4.32. The lowest BCUT2D eigenvalue weighted by Crippen LogP contribution is -2.16. The molecule has 0 amide bonds. The monoisotopic (exact) mass is 251 g/mol. The highest BCUT2D eigenvalue weighted by atomic mass is 32.1. The quantitative estimate of drug-likeness (QED) is 0.801. The molecule has 0 unspecified atom stereocenters. The third-order valence-electron chi connectivity index (χ3n) is 3.45. The minimum atomic E-state index is 0.150. The lowest BCUT2D eigenvalue weighted by Gasteiger charge is -2.19. The number of hydrogen-bond acceptors (Lipinski definition) is 3. The minimum absolute atomic E-state index is 0.150. The van der Waals surface area contributed by atoms with Crippen molar-refractivity contribution in [2.75, 3.05) is 0 Å². The van der Waals surface area contributed by atoms with E-state index in [9.17, 15) is 4.79 Å². The molecule has 0 radical (unpaired) electrons. The number of ketones is 1. The summed E-state index contributed by atoms with van der Waals surface area (Å²) in [5, 5.41) is 3.43. The molecule has 0 spiro atoms. The predicted octanol–water partition coefficient (Wildman–Crippen LogP) is 3.74. The van der Waals surface area contributed by atoms with Crippen LogP contribution in [0.25, 0.3) is 0 Å². The van der Waals surface area contributed by atoms with Crippen molar-refractivity contribution in [3.63, 3.8) is 0 Å². The largest absolute Gasteiger partial charge is 0.300 e. The Hall–Kier alpha value is -0.700. The number of carbonyl (C=O) groups is 1. The van der Waals surface area contributed by atoms with Gasteiger partial charge in [-0.05, 0) is 18.8 Å². The van der Waals surface area contributed by atoms with Crippen LogP contribution in [0.3, 0.4) is 0 Å². The Labute approximate surface area is 107 Å². The van der Waals surface area contributed by atoms with Crippen LogP contribution in [0.5, 0.6) is 0 Å². The Balaban J connectivity index is 1.95. The lowest BCUT2D eigenvalue weighted by molar-refractivity contribution is -0.121. The predicted molar refractivity (Wildman–Crippen MR) is 71.5 cm³/mol. The van der Waals surface area contributed by atoms with Crippen molar-refractivity contribution < 1.29 is 4.79 Å². The molecule has 1 heterocycles. The molecule has 3 heteroatoms. The standard InChI is InChI=1S/C14H21NOS/c1-14(2,3)12-9-17-13(15-12)8-10-4-6-11(16)7-5-10/h9-10H,4-8H2,1-3H3. The molecule has 0 aromatic carbocycles. The van der Waals surface area contributed by atoms with Crippen LogP contribution < -0.4 is 0 Å². The van der Waals surface area contributed by atoms with Crippen molar-refractivity contribution in [2.24, 2.45) is 5.92 Å². The van der Waals surface area contributed by atoms with Gasteiger partial charge in [0.25, 0.3) is 0 Å². The Morgan fingerprint density at radius 3 is 2.53 bits per heavy atom. The summed E-state index contributed by atoms with van der Waals surface area (Å²) < 4.78 is 0. The van der Waals surface area contributed by atoms with Gasteiger partial charge in [0, 0.05) is 30.1 Å². The van der Waals surface area contributed by atoms with Crippen LogP contribution in [0, 0.1) is 5.92 Å². The van der Waals surface area contributed by atoms with E-state index in [4.69, 9.17) is 4.98 Å². The molecule has 0 bridgehead atoms. The second-order valence-corrected chi connectivity index (χ2v) is 7.01. The molecule has 1 aromatic heterocycles. The van der Waals surface area contributed by atoms with Gasteiger partial charge in [0.1, 0.15) is 5.78 Å². The van der Waals surface area contributed by atoms with Gasteiger partial charge in [-0.25, -0.2) is 4.98 Å². The van der Waals surface area contributed by atoms with Crippen LogP contribution in [-0.2, 0) is 16.6 Å². The van der Waals surface area contributed by atoms with Crippen LogP contribution in [0.15, 0.2) is 5.38 Å². The van der Waals surface area contributed by atoms with E-state index in [1.54, 1.807) is 11.3 Å². The Morgan fingerprint density at radius 2 is 2.00 bits per heavy atom. The first-order chi connectivity index (χ1) is 7.95. The fourth-order valence-electron chi connectivity index (χ4n) is 2.20. The molecule has 0 aliphatic heterocycles. The number of hydrogen-bond donors (Lipinski definition) is 0. The summed E-state index contributed by atoms with van der Waals surface area (Å²) in [5.41, 5.74) is 1.35. The van der Waals surface area contributed by atoms with Gasteiger partial charge in [-0.2, -0.15) is 0 Å². The molecule has 2 nitrogen and oxygen atoms in total. The molecule has 1 aromatic rings. The van der Waals surface area contributed by atoms with E-state index in [-0.39, 0.29) is 5.41 Å². The SMILES string of the molecule is CC(C)(C)c1csc(CC2CCC(=O)CC2)n1. The summed E-state index contributed by atoms with van der Waals surface area (Å²) in [6, 6.07) is 0. The van der Waals surface area contributed by atoms with E-state index in [1.165, 1.54) is 10.7 Å². The van der Waals surface area contributed by atoms with Crippen molar-refractivity contribution in [2.45, 2.75) is 58.3 Å². The van der Waals surface area contributed by atoms with Gasteiger partial charge in [-0.3, -0.25) is 4.79 Å². The summed E-state index contributed by atoms with van der Waals surface area (Å²) in [4.78, 5) is 15.9. The Bertz CT molecular complexity index is 393. The fraction of sp³-hybridized carbons (Fsp3) is 0.714. The molecule has 0 N–H and O–H groups in total. The normalized spacial score (nSPS) is 18.6. The zero-order chi connectivity index (χ0) is 12.5. The van der Waals surface area contributed by atoms with E-state index in [0.717, 1.165) is 32.1 Å². The van der Waals surface area contributed by atoms with Crippen molar-refractivity contribution in [1.82, 2.24) is 4.98 Å². The van der Waals surface area contributed by atoms with E-state index in [2.05, 4.69) is 26.2 Å². The summed E-state index contributed by atoms with van der Waals surface area (Å²) >= 11 is 1.77. The summed E-state index contributed by atoms with van der Waals surface area (Å²) in [5.74, 6) is 1.11.